The summed E-state index contributed by atoms with van der Waals surface area (Å²) in [4.78, 5) is 0. The molecule has 0 aliphatic rings. The van der Waals surface area contributed by atoms with Crippen LogP contribution in [-0.2, 0) is 21.3 Å². The minimum Gasteiger partial charge on any atom is -0.383 e. The van der Waals surface area contributed by atoms with E-state index < -0.39 is 10.0 Å². The maximum atomic E-state index is 12.1. The highest BCUT2D eigenvalue weighted by Gasteiger charge is 2.22. The van der Waals surface area contributed by atoms with Crippen LogP contribution in [0.4, 0.5) is 0 Å². The SMILES string of the molecule is CCNCc1cn[nH]c1S(=O)(=O)NC(C)COC. The summed E-state index contributed by atoms with van der Waals surface area (Å²) in [6.45, 7) is 5.23. The highest BCUT2D eigenvalue weighted by atomic mass is 32.2. The third-order valence-corrected chi connectivity index (χ3v) is 3.89. The first-order valence-electron chi connectivity index (χ1n) is 5.75. The molecule has 18 heavy (non-hydrogen) atoms. The zero-order chi connectivity index (χ0) is 13.6. The number of sulfonamides is 1. The highest BCUT2D eigenvalue weighted by molar-refractivity contribution is 7.89. The largest absolute Gasteiger partial charge is 0.383 e. The Hall–Kier alpha value is -0.960. The van der Waals surface area contributed by atoms with Crippen LogP contribution in [0.5, 0.6) is 0 Å². The van der Waals surface area contributed by atoms with Gasteiger partial charge in [-0.25, -0.2) is 13.1 Å². The number of nitrogens with zero attached hydrogens (tertiary/aromatic N) is 1. The Morgan fingerprint density at radius 3 is 2.89 bits per heavy atom. The highest BCUT2D eigenvalue weighted by Crippen LogP contribution is 2.12. The summed E-state index contributed by atoms with van der Waals surface area (Å²) in [5.74, 6) is 0. The average molecular weight is 276 g/mol. The van der Waals surface area contributed by atoms with Crippen molar-refractivity contribution in [1.82, 2.24) is 20.2 Å². The Morgan fingerprint density at radius 2 is 2.28 bits per heavy atom. The van der Waals surface area contributed by atoms with Crippen molar-refractivity contribution in [3.63, 3.8) is 0 Å². The van der Waals surface area contributed by atoms with E-state index in [1.165, 1.54) is 13.3 Å². The third kappa shape index (κ3) is 4.05. The van der Waals surface area contributed by atoms with Crippen molar-refractivity contribution >= 4 is 10.0 Å². The average Bonchev–Trinajstić information content (AvgIpc) is 2.74. The molecule has 0 fully saturated rings. The van der Waals surface area contributed by atoms with Crippen molar-refractivity contribution in [2.24, 2.45) is 0 Å². The molecule has 0 saturated carbocycles. The van der Waals surface area contributed by atoms with Crippen LogP contribution in [0, 0.1) is 0 Å². The van der Waals surface area contributed by atoms with Crippen LogP contribution >= 0.6 is 0 Å². The van der Waals surface area contributed by atoms with Crippen LogP contribution in [0.25, 0.3) is 0 Å². The van der Waals surface area contributed by atoms with Gasteiger partial charge in [-0.1, -0.05) is 6.92 Å². The third-order valence-electron chi connectivity index (χ3n) is 2.29. The molecule has 0 aliphatic heterocycles. The molecule has 0 radical (unpaired) electrons. The van der Waals surface area contributed by atoms with E-state index in [9.17, 15) is 8.42 Å². The molecule has 1 heterocycles. The van der Waals surface area contributed by atoms with Crippen molar-refractivity contribution in [3.05, 3.63) is 11.8 Å². The standard InChI is InChI=1S/C10H20N4O3S/c1-4-11-5-9-6-12-13-10(9)18(15,16)14-8(2)7-17-3/h6,8,11,14H,4-5,7H2,1-3H3,(H,12,13). The van der Waals surface area contributed by atoms with Gasteiger partial charge >= 0.3 is 0 Å². The Bertz CT molecular complexity index is 457. The first-order valence-corrected chi connectivity index (χ1v) is 7.23. The van der Waals surface area contributed by atoms with Crippen LogP contribution in [0.2, 0.25) is 0 Å². The molecule has 0 saturated heterocycles. The van der Waals surface area contributed by atoms with Gasteiger partial charge in [0.25, 0.3) is 10.0 Å². The molecule has 0 bridgehead atoms. The zero-order valence-electron chi connectivity index (χ0n) is 10.9. The second kappa shape index (κ2) is 6.83. The molecule has 0 aliphatic carbocycles. The minimum absolute atomic E-state index is 0.103. The molecule has 0 aromatic carbocycles. The number of rotatable bonds is 8. The summed E-state index contributed by atoms with van der Waals surface area (Å²) >= 11 is 0. The zero-order valence-corrected chi connectivity index (χ0v) is 11.7. The van der Waals surface area contributed by atoms with Crippen LogP contribution in [-0.4, -0.2) is 44.9 Å². The molecule has 1 atom stereocenters. The molecular formula is C10H20N4O3S. The first kappa shape index (κ1) is 15.1. The van der Waals surface area contributed by atoms with Gasteiger partial charge in [-0.15, -0.1) is 0 Å². The number of aromatic nitrogens is 2. The first-order chi connectivity index (χ1) is 8.51. The Balaban J connectivity index is 2.81. The molecule has 3 N–H and O–H groups in total. The lowest BCUT2D eigenvalue weighted by molar-refractivity contribution is 0.180. The lowest BCUT2D eigenvalue weighted by atomic mass is 10.3. The van der Waals surface area contributed by atoms with E-state index in [-0.39, 0.29) is 11.1 Å². The monoisotopic (exact) mass is 276 g/mol. The number of methoxy groups -OCH3 is 1. The number of H-pyrrole nitrogens is 1. The molecule has 0 amide bonds. The van der Waals surface area contributed by atoms with E-state index >= 15 is 0 Å². The lowest BCUT2D eigenvalue weighted by Crippen LogP contribution is -2.36. The Morgan fingerprint density at radius 1 is 1.56 bits per heavy atom. The van der Waals surface area contributed by atoms with E-state index in [0.29, 0.717) is 18.7 Å². The fourth-order valence-electron chi connectivity index (χ4n) is 1.53. The van der Waals surface area contributed by atoms with E-state index in [4.69, 9.17) is 4.74 Å². The van der Waals surface area contributed by atoms with Crippen molar-refractivity contribution < 1.29 is 13.2 Å². The maximum absolute atomic E-state index is 12.1. The summed E-state index contributed by atoms with van der Waals surface area (Å²) in [5.41, 5.74) is 0.619. The normalized spacial score (nSPS) is 13.7. The molecule has 104 valence electrons. The van der Waals surface area contributed by atoms with Gasteiger partial charge in [0.2, 0.25) is 0 Å². The molecular weight excluding hydrogens is 256 g/mol. The molecule has 8 heteroatoms. The fourth-order valence-corrected chi connectivity index (χ4v) is 2.88. The second-order valence-corrected chi connectivity index (χ2v) is 5.63. The molecule has 1 unspecified atom stereocenters. The van der Waals surface area contributed by atoms with Gasteiger partial charge in [-0.05, 0) is 13.5 Å². The van der Waals surface area contributed by atoms with E-state index in [1.807, 2.05) is 6.92 Å². The van der Waals surface area contributed by atoms with Crippen LogP contribution in [0.1, 0.15) is 19.4 Å². The number of hydrogen-bond acceptors (Lipinski definition) is 5. The summed E-state index contributed by atoms with van der Waals surface area (Å²) < 4.78 is 31.6. The van der Waals surface area contributed by atoms with E-state index in [0.717, 1.165) is 6.54 Å². The number of ether oxygens (including phenoxy) is 1. The van der Waals surface area contributed by atoms with Crippen molar-refractivity contribution in [2.45, 2.75) is 31.5 Å². The van der Waals surface area contributed by atoms with Crippen LogP contribution in [0.3, 0.4) is 0 Å². The predicted octanol–water partition coefficient (Wildman–Crippen LogP) is -0.168. The molecule has 0 spiro atoms. The Labute approximate surface area is 107 Å². The minimum atomic E-state index is -3.59. The molecule has 1 aromatic rings. The quantitative estimate of drug-likeness (QED) is 0.613. The number of nitrogens with one attached hydrogen (secondary N) is 3. The van der Waals surface area contributed by atoms with Gasteiger partial charge in [0.15, 0.2) is 5.03 Å². The maximum Gasteiger partial charge on any atom is 0.258 e. The summed E-state index contributed by atoms with van der Waals surface area (Å²) in [5, 5.41) is 9.47. The summed E-state index contributed by atoms with van der Waals surface area (Å²) in [7, 11) is -2.06. The summed E-state index contributed by atoms with van der Waals surface area (Å²) in [6, 6.07) is -0.296. The van der Waals surface area contributed by atoms with Gasteiger partial charge in [0.05, 0.1) is 12.8 Å². The predicted molar refractivity (Wildman–Crippen MR) is 67.6 cm³/mol. The van der Waals surface area contributed by atoms with Gasteiger partial charge in [-0.3, -0.25) is 5.10 Å². The Kier molecular flexibility index (Phi) is 5.73. The number of aromatic amines is 1. The van der Waals surface area contributed by atoms with Crippen molar-refractivity contribution in [1.29, 1.82) is 0 Å². The molecule has 1 aromatic heterocycles. The van der Waals surface area contributed by atoms with Crippen molar-refractivity contribution in [3.8, 4) is 0 Å². The molecule has 7 nitrogen and oxygen atoms in total. The summed E-state index contributed by atoms with van der Waals surface area (Å²) in [6.07, 6.45) is 1.51. The number of hydrogen-bond donors (Lipinski definition) is 3. The topological polar surface area (TPSA) is 96.1 Å². The van der Waals surface area contributed by atoms with E-state index in [1.54, 1.807) is 6.92 Å². The second-order valence-electron chi connectivity index (χ2n) is 3.98. The fraction of sp³-hybridized carbons (Fsp3) is 0.700. The molecule has 1 rings (SSSR count). The van der Waals surface area contributed by atoms with E-state index in [2.05, 4.69) is 20.2 Å². The van der Waals surface area contributed by atoms with Gasteiger partial charge in [0.1, 0.15) is 0 Å². The lowest BCUT2D eigenvalue weighted by Gasteiger charge is -2.13. The van der Waals surface area contributed by atoms with Gasteiger partial charge in [-0.2, -0.15) is 5.10 Å². The van der Waals surface area contributed by atoms with Crippen LogP contribution < -0.4 is 10.0 Å². The van der Waals surface area contributed by atoms with Gasteiger partial charge in [0, 0.05) is 25.3 Å². The van der Waals surface area contributed by atoms with Gasteiger partial charge < -0.3 is 10.1 Å². The smallest absolute Gasteiger partial charge is 0.258 e. The van der Waals surface area contributed by atoms with Crippen molar-refractivity contribution in [2.75, 3.05) is 20.3 Å². The van der Waals surface area contributed by atoms with Crippen LogP contribution in [0.15, 0.2) is 11.2 Å².